The van der Waals surface area contributed by atoms with E-state index in [0.29, 0.717) is 6.61 Å². The Hall–Kier alpha value is -0.870. The zero-order valence-corrected chi connectivity index (χ0v) is 7.16. The molecule has 0 saturated heterocycles. The molecule has 0 atom stereocenters. The Morgan fingerprint density at radius 3 is 2.92 bits per heavy atom. The molecule has 12 heavy (non-hydrogen) atoms. The van der Waals surface area contributed by atoms with Gasteiger partial charge in [-0.15, -0.1) is 0 Å². The van der Waals surface area contributed by atoms with E-state index in [4.69, 9.17) is 5.90 Å². The van der Waals surface area contributed by atoms with Crippen molar-refractivity contribution in [1.82, 2.24) is 9.78 Å². The monoisotopic (exact) mass is 167 g/mol. The second-order valence-corrected chi connectivity index (χ2v) is 3.47. The summed E-state index contributed by atoms with van der Waals surface area (Å²) in [6.07, 6.45) is 4.23. The number of aryl methyl sites for hydroxylation is 1. The van der Waals surface area contributed by atoms with E-state index in [0.717, 1.165) is 18.5 Å². The molecule has 4 heteroatoms. The third-order valence-electron chi connectivity index (χ3n) is 2.47. The fourth-order valence-corrected chi connectivity index (χ4v) is 1.48. The first kappa shape index (κ1) is 7.76. The zero-order valence-electron chi connectivity index (χ0n) is 7.16. The summed E-state index contributed by atoms with van der Waals surface area (Å²) in [5.41, 5.74) is 1.24. The van der Waals surface area contributed by atoms with Crippen LogP contribution in [-0.4, -0.2) is 16.4 Å². The van der Waals surface area contributed by atoms with Gasteiger partial charge in [0, 0.05) is 18.7 Å². The average molecular weight is 167 g/mol. The van der Waals surface area contributed by atoms with E-state index in [2.05, 4.69) is 9.94 Å². The number of hydrogen-bond donors (Lipinski definition) is 1. The zero-order chi connectivity index (χ0) is 8.60. The fourth-order valence-electron chi connectivity index (χ4n) is 1.48. The van der Waals surface area contributed by atoms with Gasteiger partial charge in [-0.3, -0.25) is 4.68 Å². The van der Waals surface area contributed by atoms with Crippen molar-refractivity contribution in [3.63, 3.8) is 0 Å². The quantitative estimate of drug-likeness (QED) is 0.660. The highest BCUT2D eigenvalue weighted by molar-refractivity contribution is 5.23. The van der Waals surface area contributed by atoms with Crippen LogP contribution in [0.25, 0.3) is 0 Å². The third-order valence-corrected chi connectivity index (χ3v) is 2.47. The molecule has 0 bridgehead atoms. The van der Waals surface area contributed by atoms with Crippen LogP contribution < -0.4 is 5.90 Å². The maximum absolute atomic E-state index is 5.06. The van der Waals surface area contributed by atoms with Gasteiger partial charge in [-0.25, -0.2) is 5.90 Å². The summed E-state index contributed by atoms with van der Waals surface area (Å²) in [6.45, 7) is 0.587. The van der Waals surface area contributed by atoms with E-state index in [1.54, 1.807) is 0 Å². The molecule has 1 aliphatic rings. The van der Waals surface area contributed by atoms with Gasteiger partial charge in [-0.2, -0.15) is 5.10 Å². The van der Waals surface area contributed by atoms with Gasteiger partial charge in [0.15, 0.2) is 0 Å². The van der Waals surface area contributed by atoms with Crippen molar-refractivity contribution in [2.75, 3.05) is 6.61 Å². The normalized spacial score (nSPS) is 19.5. The minimum absolute atomic E-state index is 0.135. The van der Waals surface area contributed by atoms with E-state index >= 15 is 0 Å². The first-order valence-corrected chi connectivity index (χ1v) is 4.09. The number of nitrogens with zero attached hydrogens (tertiary/aromatic N) is 2. The van der Waals surface area contributed by atoms with Crippen molar-refractivity contribution in [2.24, 2.45) is 12.9 Å². The molecule has 4 nitrogen and oxygen atoms in total. The maximum atomic E-state index is 5.06. The molecule has 1 aliphatic carbocycles. The maximum Gasteiger partial charge on any atom is 0.0791 e. The van der Waals surface area contributed by atoms with Crippen molar-refractivity contribution >= 4 is 0 Å². The Bertz CT molecular complexity index is 278. The summed E-state index contributed by atoms with van der Waals surface area (Å²) in [5.74, 6) is 5.06. The SMILES string of the molecule is Cn1ccc(C2(CON)CC2)n1. The Morgan fingerprint density at radius 1 is 1.75 bits per heavy atom. The predicted octanol–water partition coefficient (Wildman–Crippen LogP) is 0.342. The van der Waals surface area contributed by atoms with Crippen LogP contribution in [0.5, 0.6) is 0 Å². The van der Waals surface area contributed by atoms with Gasteiger partial charge in [-0.1, -0.05) is 0 Å². The topological polar surface area (TPSA) is 53.1 Å². The summed E-state index contributed by atoms with van der Waals surface area (Å²) in [5, 5.41) is 4.34. The smallest absolute Gasteiger partial charge is 0.0791 e. The van der Waals surface area contributed by atoms with Crippen molar-refractivity contribution < 1.29 is 4.84 Å². The molecule has 66 valence electrons. The van der Waals surface area contributed by atoms with Crippen molar-refractivity contribution in [1.29, 1.82) is 0 Å². The number of aromatic nitrogens is 2. The lowest BCUT2D eigenvalue weighted by molar-refractivity contribution is 0.115. The van der Waals surface area contributed by atoms with Crippen LogP contribution in [0.4, 0.5) is 0 Å². The highest BCUT2D eigenvalue weighted by Gasteiger charge is 2.46. The molecule has 1 fully saturated rings. The molecular formula is C8H13N3O. The van der Waals surface area contributed by atoms with E-state index in [1.165, 1.54) is 0 Å². The molecule has 0 amide bonds. The standard InChI is InChI=1S/C8H13N3O/c1-11-5-2-7(10-11)8(3-4-8)6-12-9/h2,5H,3-4,6,9H2,1H3. The molecule has 2 rings (SSSR count). The lowest BCUT2D eigenvalue weighted by Gasteiger charge is -2.08. The molecule has 0 spiro atoms. The molecule has 0 unspecified atom stereocenters. The van der Waals surface area contributed by atoms with Crippen LogP contribution in [0, 0.1) is 0 Å². The average Bonchev–Trinajstić information content (AvgIpc) is 2.69. The van der Waals surface area contributed by atoms with Crippen LogP contribution in [0.1, 0.15) is 18.5 Å². The molecule has 0 aliphatic heterocycles. The third kappa shape index (κ3) is 1.13. The number of nitrogens with two attached hydrogens (primary N) is 1. The summed E-state index contributed by atoms with van der Waals surface area (Å²) >= 11 is 0. The van der Waals surface area contributed by atoms with Crippen molar-refractivity contribution in [3.8, 4) is 0 Å². The Morgan fingerprint density at radius 2 is 2.50 bits per heavy atom. The van der Waals surface area contributed by atoms with E-state index < -0.39 is 0 Å². The lowest BCUT2D eigenvalue weighted by atomic mass is 10.1. The summed E-state index contributed by atoms with van der Waals surface area (Å²) in [6, 6.07) is 2.03. The van der Waals surface area contributed by atoms with Gasteiger partial charge >= 0.3 is 0 Å². The van der Waals surface area contributed by atoms with Gasteiger partial charge in [-0.05, 0) is 18.9 Å². The predicted molar refractivity (Wildman–Crippen MR) is 44.3 cm³/mol. The second-order valence-electron chi connectivity index (χ2n) is 3.47. The lowest BCUT2D eigenvalue weighted by Crippen LogP contribution is -2.18. The molecule has 1 saturated carbocycles. The van der Waals surface area contributed by atoms with Crippen molar-refractivity contribution in [3.05, 3.63) is 18.0 Å². The number of hydrogen-bond acceptors (Lipinski definition) is 3. The molecular weight excluding hydrogens is 154 g/mol. The van der Waals surface area contributed by atoms with Crippen LogP contribution in [0.2, 0.25) is 0 Å². The number of rotatable bonds is 3. The van der Waals surface area contributed by atoms with Gasteiger partial charge in [0.1, 0.15) is 0 Å². The Labute approximate surface area is 71.3 Å². The van der Waals surface area contributed by atoms with Gasteiger partial charge in [0.05, 0.1) is 12.3 Å². The van der Waals surface area contributed by atoms with E-state index in [9.17, 15) is 0 Å². The van der Waals surface area contributed by atoms with Crippen molar-refractivity contribution in [2.45, 2.75) is 18.3 Å². The summed E-state index contributed by atoms with van der Waals surface area (Å²) in [4.78, 5) is 4.68. The largest absolute Gasteiger partial charge is 0.304 e. The summed E-state index contributed by atoms with van der Waals surface area (Å²) in [7, 11) is 1.92. The molecule has 0 aromatic carbocycles. The minimum Gasteiger partial charge on any atom is -0.304 e. The summed E-state index contributed by atoms with van der Waals surface area (Å²) < 4.78 is 1.81. The van der Waals surface area contributed by atoms with Crippen LogP contribution >= 0.6 is 0 Å². The highest BCUT2D eigenvalue weighted by Crippen LogP contribution is 2.47. The molecule has 2 N–H and O–H groups in total. The fraction of sp³-hybridized carbons (Fsp3) is 0.625. The molecule has 1 heterocycles. The highest BCUT2D eigenvalue weighted by atomic mass is 16.6. The molecule has 1 aromatic rings. The minimum atomic E-state index is 0.135. The van der Waals surface area contributed by atoms with Crippen LogP contribution in [0.15, 0.2) is 12.3 Å². The Kier molecular flexibility index (Phi) is 1.66. The first-order valence-electron chi connectivity index (χ1n) is 4.09. The van der Waals surface area contributed by atoms with Gasteiger partial charge in [0.25, 0.3) is 0 Å². The Balaban J connectivity index is 2.18. The van der Waals surface area contributed by atoms with E-state index in [-0.39, 0.29) is 5.41 Å². The van der Waals surface area contributed by atoms with Crippen LogP contribution in [0.3, 0.4) is 0 Å². The molecule has 1 aromatic heterocycles. The van der Waals surface area contributed by atoms with E-state index in [1.807, 2.05) is 24.0 Å². The first-order chi connectivity index (χ1) is 5.77. The second kappa shape index (κ2) is 2.57. The molecule has 0 radical (unpaired) electrons. The van der Waals surface area contributed by atoms with Gasteiger partial charge in [0.2, 0.25) is 0 Å². The van der Waals surface area contributed by atoms with Gasteiger partial charge < -0.3 is 4.84 Å². The van der Waals surface area contributed by atoms with Crippen LogP contribution in [-0.2, 0) is 17.3 Å².